The Labute approximate surface area is 61.7 Å². The van der Waals surface area contributed by atoms with Crippen molar-refractivity contribution in [2.45, 2.75) is 0 Å². The molecule has 0 amide bonds. The third-order valence-corrected chi connectivity index (χ3v) is 1.74. The average molecular weight is 155 g/mol. The first-order valence-electron chi connectivity index (χ1n) is 2.55. The first-order valence-corrected chi connectivity index (χ1v) is 3.43. The van der Waals surface area contributed by atoms with Crippen LogP contribution < -0.4 is 4.74 Å². The molecule has 1 heterocycles. The molecule has 0 bridgehead atoms. The number of methoxy groups -OCH3 is 1. The number of thiophene rings is 1. The Hall–Kier alpha value is -1.19. The van der Waals surface area contributed by atoms with Crippen molar-refractivity contribution in [2.24, 2.45) is 5.11 Å². The fraction of sp³-hybridized carbons (Fsp3) is 0.200. The van der Waals surface area contributed by atoms with E-state index in [0.717, 1.165) is 0 Å². The summed E-state index contributed by atoms with van der Waals surface area (Å²) in [6.45, 7) is 0. The molecule has 0 radical (unpaired) electrons. The summed E-state index contributed by atoms with van der Waals surface area (Å²) in [7, 11) is 1.54. The summed E-state index contributed by atoms with van der Waals surface area (Å²) < 4.78 is 4.88. The number of hydrogen-bond acceptors (Lipinski definition) is 3. The van der Waals surface area contributed by atoms with Crippen LogP contribution in [0.15, 0.2) is 16.6 Å². The van der Waals surface area contributed by atoms with Crippen LogP contribution in [0.3, 0.4) is 0 Å². The molecule has 0 saturated heterocycles. The molecule has 1 aromatic heterocycles. The van der Waals surface area contributed by atoms with Crippen LogP contribution in [0.1, 0.15) is 0 Å². The van der Waals surface area contributed by atoms with E-state index in [-0.39, 0.29) is 0 Å². The van der Waals surface area contributed by atoms with Gasteiger partial charge in [0, 0.05) is 4.91 Å². The highest BCUT2D eigenvalue weighted by atomic mass is 32.1. The number of hydrogen-bond donors (Lipinski definition) is 0. The van der Waals surface area contributed by atoms with Gasteiger partial charge in [0.15, 0.2) is 0 Å². The van der Waals surface area contributed by atoms with Crippen LogP contribution in [-0.2, 0) is 0 Å². The van der Waals surface area contributed by atoms with Crippen LogP contribution in [0.5, 0.6) is 5.75 Å². The summed E-state index contributed by atoms with van der Waals surface area (Å²) >= 11 is 1.35. The SMILES string of the molecule is COc1ccsc1N=[N+]=[N-]. The Bertz CT molecular complexity index is 264. The lowest BCUT2D eigenvalue weighted by Gasteiger charge is -1.92. The zero-order chi connectivity index (χ0) is 7.40. The second kappa shape index (κ2) is 3.10. The summed E-state index contributed by atoms with van der Waals surface area (Å²) in [4.78, 5) is 2.64. The number of ether oxygens (including phenoxy) is 1. The summed E-state index contributed by atoms with van der Waals surface area (Å²) in [5, 5.41) is 5.79. The van der Waals surface area contributed by atoms with Crippen LogP contribution in [0.25, 0.3) is 10.4 Å². The fourth-order valence-electron chi connectivity index (χ4n) is 0.558. The fourth-order valence-corrected chi connectivity index (χ4v) is 1.23. The molecule has 0 aromatic carbocycles. The van der Waals surface area contributed by atoms with Crippen molar-refractivity contribution in [2.75, 3.05) is 7.11 Å². The van der Waals surface area contributed by atoms with Gasteiger partial charge in [-0.05, 0) is 22.1 Å². The minimum atomic E-state index is 0.574. The highest BCUT2D eigenvalue weighted by Crippen LogP contribution is 2.33. The predicted molar refractivity (Wildman–Crippen MR) is 39.7 cm³/mol. The van der Waals surface area contributed by atoms with Gasteiger partial charge in [0.1, 0.15) is 10.8 Å². The molecule has 0 aliphatic rings. The van der Waals surface area contributed by atoms with Crippen molar-refractivity contribution in [1.29, 1.82) is 0 Å². The lowest BCUT2D eigenvalue weighted by Crippen LogP contribution is -1.76. The van der Waals surface area contributed by atoms with Crippen LogP contribution in [0, 0.1) is 0 Å². The molecule has 5 heteroatoms. The summed E-state index contributed by atoms with van der Waals surface area (Å²) in [5.41, 5.74) is 8.07. The molecule has 0 atom stereocenters. The first-order chi connectivity index (χ1) is 4.88. The van der Waals surface area contributed by atoms with Crippen molar-refractivity contribution in [1.82, 2.24) is 0 Å². The third kappa shape index (κ3) is 1.21. The molecule has 0 N–H and O–H groups in total. The van der Waals surface area contributed by atoms with Crippen LogP contribution in [0.2, 0.25) is 0 Å². The van der Waals surface area contributed by atoms with Gasteiger partial charge in [-0.15, -0.1) is 11.3 Å². The second-order valence-electron chi connectivity index (χ2n) is 1.48. The van der Waals surface area contributed by atoms with E-state index in [4.69, 9.17) is 10.3 Å². The Morgan fingerprint density at radius 2 is 2.60 bits per heavy atom. The van der Waals surface area contributed by atoms with Crippen LogP contribution in [0.4, 0.5) is 5.00 Å². The maximum Gasteiger partial charge on any atom is 0.139 e. The van der Waals surface area contributed by atoms with E-state index in [1.54, 1.807) is 13.2 Å². The summed E-state index contributed by atoms with van der Waals surface area (Å²) in [6, 6.07) is 1.76. The molecule has 0 unspecified atom stereocenters. The van der Waals surface area contributed by atoms with Crippen molar-refractivity contribution in [3.63, 3.8) is 0 Å². The monoisotopic (exact) mass is 155 g/mol. The topological polar surface area (TPSA) is 58.0 Å². The molecule has 10 heavy (non-hydrogen) atoms. The molecule has 1 aromatic rings. The van der Waals surface area contributed by atoms with Gasteiger partial charge < -0.3 is 4.74 Å². The van der Waals surface area contributed by atoms with Gasteiger partial charge >= 0.3 is 0 Å². The molecule has 52 valence electrons. The van der Waals surface area contributed by atoms with Gasteiger partial charge in [-0.1, -0.05) is 0 Å². The van der Waals surface area contributed by atoms with E-state index in [1.165, 1.54) is 11.3 Å². The molecule has 4 nitrogen and oxygen atoms in total. The second-order valence-corrected chi connectivity index (χ2v) is 2.38. The third-order valence-electron chi connectivity index (χ3n) is 0.965. The zero-order valence-corrected chi connectivity index (χ0v) is 6.13. The van der Waals surface area contributed by atoms with E-state index >= 15 is 0 Å². The predicted octanol–water partition coefficient (Wildman–Crippen LogP) is 2.70. The molecular weight excluding hydrogens is 150 g/mol. The molecule has 0 aliphatic heterocycles. The normalized spacial score (nSPS) is 8.50. The van der Waals surface area contributed by atoms with Gasteiger partial charge in [-0.2, -0.15) is 0 Å². The molecule has 1 rings (SSSR count). The summed E-state index contributed by atoms with van der Waals surface area (Å²) in [6.07, 6.45) is 0. The maximum absolute atomic E-state index is 8.07. The Kier molecular flexibility index (Phi) is 2.15. The van der Waals surface area contributed by atoms with Crippen molar-refractivity contribution >= 4 is 16.3 Å². The standard InChI is InChI=1S/C5H5N3OS/c1-9-4-2-3-10-5(4)7-8-6/h2-3H,1H3. The van der Waals surface area contributed by atoms with Crippen molar-refractivity contribution < 1.29 is 4.74 Å². The van der Waals surface area contributed by atoms with E-state index in [9.17, 15) is 0 Å². The van der Waals surface area contributed by atoms with E-state index < -0.39 is 0 Å². The van der Waals surface area contributed by atoms with E-state index in [1.807, 2.05) is 5.38 Å². The lowest BCUT2D eigenvalue weighted by atomic mass is 10.6. The zero-order valence-electron chi connectivity index (χ0n) is 5.31. The lowest BCUT2D eigenvalue weighted by molar-refractivity contribution is 0.418. The van der Waals surface area contributed by atoms with Gasteiger partial charge in [-0.3, -0.25) is 0 Å². The Morgan fingerprint density at radius 1 is 1.80 bits per heavy atom. The molecular formula is C5H5N3OS. The molecule has 0 spiro atoms. The molecule has 0 aliphatic carbocycles. The van der Waals surface area contributed by atoms with E-state index in [0.29, 0.717) is 10.8 Å². The van der Waals surface area contributed by atoms with Gasteiger partial charge in [0.25, 0.3) is 0 Å². The molecule has 0 fully saturated rings. The van der Waals surface area contributed by atoms with Crippen molar-refractivity contribution in [3.05, 3.63) is 21.9 Å². The minimum Gasteiger partial charge on any atom is -0.495 e. The highest BCUT2D eigenvalue weighted by Gasteiger charge is 1.98. The van der Waals surface area contributed by atoms with Gasteiger partial charge in [0.05, 0.1) is 7.11 Å². The average Bonchev–Trinajstić information content (AvgIpc) is 2.36. The smallest absolute Gasteiger partial charge is 0.139 e. The largest absolute Gasteiger partial charge is 0.495 e. The Balaban J connectivity index is 3.00. The number of nitrogens with zero attached hydrogens (tertiary/aromatic N) is 3. The first kappa shape index (κ1) is 6.92. The van der Waals surface area contributed by atoms with Crippen LogP contribution in [-0.4, -0.2) is 7.11 Å². The summed E-state index contributed by atoms with van der Waals surface area (Å²) in [5.74, 6) is 0.628. The van der Waals surface area contributed by atoms with Crippen molar-refractivity contribution in [3.8, 4) is 5.75 Å². The number of azide groups is 1. The quantitative estimate of drug-likeness (QED) is 0.368. The van der Waals surface area contributed by atoms with Gasteiger partial charge in [0.2, 0.25) is 0 Å². The van der Waals surface area contributed by atoms with E-state index in [2.05, 4.69) is 10.0 Å². The Morgan fingerprint density at radius 3 is 3.20 bits per heavy atom. The highest BCUT2D eigenvalue weighted by molar-refractivity contribution is 7.14. The number of rotatable bonds is 2. The molecule has 0 saturated carbocycles. The van der Waals surface area contributed by atoms with Gasteiger partial charge in [-0.25, -0.2) is 0 Å². The van der Waals surface area contributed by atoms with Crippen LogP contribution >= 0.6 is 11.3 Å². The minimum absolute atomic E-state index is 0.574. The maximum atomic E-state index is 8.07.